The van der Waals surface area contributed by atoms with Gasteiger partial charge in [-0.2, -0.15) is 0 Å². The molecule has 1 aromatic carbocycles. The van der Waals surface area contributed by atoms with Crippen LogP contribution in [0.5, 0.6) is 0 Å². The van der Waals surface area contributed by atoms with Crippen LogP contribution < -0.4 is 11.1 Å². The second kappa shape index (κ2) is 5.34. The van der Waals surface area contributed by atoms with Gasteiger partial charge in [-0.15, -0.1) is 0 Å². The standard InChI is InChI=1S/C15H17ClN2OS/c16-12-4-3-10(14(17)20)7-13(12)18-15(19)11-6-8-1-2-9(11)5-8/h3-4,7-9,11H,1-2,5-6H2,(H2,17,20)(H,18,19). The van der Waals surface area contributed by atoms with Gasteiger partial charge >= 0.3 is 0 Å². The molecular formula is C15H17ClN2OS. The van der Waals surface area contributed by atoms with Gasteiger partial charge in [-0.25, -0.2) is 0 Å². The Labute approximate surface area is 128 Å². The van der Waals surface area contributed by atoms with Gasteiger partial charge in [0.1, 0.15) is 4.99 Å². The highest BCUT2D eigenvalue weighted by molar-refractivity contribution is 7.80. The lowest BCUT2D eigenvalue weighted by molar-refractivity contribution is -0.121. The second-order valence-electron chi connectivity index (χ2n) is 5.83. The molecule has 1 amide bonds. The molecule has 0 spiro atoms. The number of hydrogen-bond acceptors (Lipinski definition) is 2. The number of carbonyl (C=O) groups is 1. The maximum atomic E-state index is 12.4. The maximum Gasteiger partial charge on any atom is 0.227 e. The van der Waals surface area contributed by atoms with Gasteiger partial charge in [0, 0.05) is 11.5 Å². The fraction of sp³-hybridized carbons (Fsp3) is 0.467. The summed E-state index contributed by atoms with van der Waals surface area (Å²) < 4.78 is 0. The van der Waals surface area contributed by atoms with Gasteiger partial charge in [0.05, 0.1) is 10.7 Å². The number of fused-ring (bicyclic) bond motifs is 2. The molecule has 20 heavy (non-hydrogen) atoms. The molecule has 106 valence electrons. The van der Waals surface area contributed by atoms with Gasteiger partial charge in [-0.1, -0.05) is 36.3 Å². The van der Waals surface area contributed by atoms with Crippen molar-refractivity contribution in [3.63, 3.8) is 0 Å². The molecular weight excluding hydrogens is 292 g/mol. The molecule has 2 aliphatic carbocycles. The Morgan fingerprint density at radius 2 is 2.15 bits per heavy atom. The van der Waals surface area contributed by atoms with Crippen molar-refractivity contribution >= 4 is 40.4 Å². The topological polar surface area (TPSA) is 55.1 Å². The van der Waals surface area contributed by atoms with E-state index in [9.17, 15) is 4.79 Å². The van der Waals surface area contributed by atoms with Crippen LogP contribution >= 0.6 is 23.8 Å². The van der Waals surface area contributed by atoms with E-state index in [0.29, 0.717) is 27.2 Å². The van der Waals surface area contributed by atoms with Crippen LogP contribution in [0.15, 0.2) is 18.2 Å². The Morgan fingerprint density at radius 1 is 1.35 bits per heavy atom. The van der Waals surface area contributed by atoms with Gasteiger partial charge in [-0.3, -0.25) is 4.79 Å². The van der Waals surface area contributed by atoms with Gasteiger partial charge in [0.2, 0.25) is 5.91 Å². The number of amides is 1. The first-order valence-electron chi connectivity index (χ1n) is 6.95. The largest absolute Gasteiger partial charge is 0.389 e. The molecule has 0 heterocycles. The molecule has 3 atom stereocenters. The van der Waals surface area contributed by atoms with Crippen LogP contribution in [0.1, 0.15) is 31.2 Å². The monoisotopic (exact) mass is 308 g/mol. The number of thiocarbonyl (C=S) groups is 1. The van der Waals surface area contributed by atoms with Gasteiger partial charge in [0.15, 0.2) is 0 Å². The van der Waals surface area contributed by atoms with Crippen molar-refractivity contribution in [1.29, 1.82) is 0 Å². The number of halogens is 1. The third-order valence-electron chi connectivity index (χ3n) is 4.58. The molecule has 2 fully saturated rings. The first-order chi connectivity index (χ1) is 9.54. The predicted octanol–water partition coefficient (Wildman–Crippen LogP) is 3.35. The van der Waals surface area contributed by atoms with Crippen molar-refractivity contribution in [2.24, 2.45) is 23.5 Å². The molecule has 5 heteroatoms. The van der Waals surface area contributed by atoms with Crippen LogP contribution in [0.25, 0.3) is 0 Å². The SMILES string of the molecule is NC(=S)c1ccc(Cl)c(NC(=O)C2CC3CCC2C3)c1. The van der Waals surface area contributed by atoms with E-state index in [4.69, 9.17) is 29.6 Å². The zero-order valence-electron chi connectivity index (χ0n) is 11.1. The summed E-state index contributed by atoms with van der Waals surface area (Å²) in [5.74, 6) is 1.52. The number of anilines is 1. The summed E-state index contributed by atoms with van der Waals surface area (Å²) in [6.07, 6.45) is 4.69. The summed E-state index contributed by atoms with van der Waals surface area (Å²) in [5.41, 5.74) is 6.93. The lowest BCUT2D eigenvalue weighted by atomic mass is 9.88. The third-order valence-corrected chi connectivity index (χ3v) is 5.15. The molecule has 1 aromatic rings. The number of hydrogen-bond donors (Lipinski definition) is 2. The van der Waals surface area contributed by atoms with Crippen LogP contribution in [0.2, 0.25) is 5.02 Å². The maximum absolute atomic E-state index is 12.4. The minimum Gasteiger partial charge on any atom is -0.389 e. The first-order valence-corrected chi connectivity index (χ1v) is 7.73. The Balaban J connectivity index is 1.75. The van der Waals surface area contributed by atoms with E-state index >= 15 is 0 Å². The Morgan fingerprint density at radius 3 is 2.75 bits per heavy atom. The van der Waals surface area contributed by atoms with Crippen LogP contribution in [-0.4, -0.2) is 10.9 Å². The smallest absolute Gasteiger partial charge is 0.227 e. The predicted molar refractivity (Wildman–Crippen MR) is 84.9 cm³/mol. The number of rotatable bonds is 3. The number of benzene rings is 1. The summed E-state index contributed by atoms with van der Waals surface area (Å²) in [7, 11) is 0. The molecule has 3 rings (SSSR count). The highest BCUT2D eigenvalue weighted by atomic mass is 35.5. The zero-order valence-corrected chi connectivity index (χ0v) is 12.6. The van der Waals surface area contributed by atoms with E-state index < -0.39 is 0 Å². The average molecular weight is 309 g/mol. The van der Waals surface area contributed by atoms with Crippen molar-refractivity contribution in [2.75, 3.05) is 5.32 Å². The van der Waals surface area contributed by atoms with Crippen LogP contribution in [0.4, 0.5) is 5.69 Å². The molecule has 0 aromatic heterocycles. The normalized spacial score (nSPS) is 27.6. The van der Waals surface area contributed by atoms with Crippen LogP contribution in [-0.2, 0) is 4.79 Å². The molecule has 3 unspecified atom stereocenters. The minimum atomic E-state index is 0.0826. The van der Waals surface area contributed by atoms with Crippen molar-refractivity contribution < 1.29 is 4.79 Å². The fourth-order valence-electron chi connectivity index (χ4n) is 3.57. The Kier molecular flexibility index (Phi) is 3.69. The minimum absolute atomic E-state index is 0.0826. The molecule has 0 aliphatic heterocycles. The van der Waals surface area contributed by atoms with E-state index in [-0.39, 0.29) is 11.8 Å². The highest BCUT2D eigenvalue weighted by Crippen LogP contribution is 2.48. The number of nitrogens with two attached hydrogens (primary N) is 1. The summed E-state index contributed by atoms with van der Waals surface area (Å²) in [6, 6.07) is 5.22. The van der Waals surface area contributed by atoms with E-state index in [2.05, 4.69) is 5.32 Å². The zero-order chi connectivity index (χ0) is 14.3. The number of nitrogens with one attached hydrogen (secondary N) is 1. The number of carbonyl (C=O) groups excluding carboxylic acids is 1. The summed E-state index contributed by atoms with van der Waals surface area (Å²) in [6.45, 7) is 0. The lowest BCUT2D eigenvalue weighted by Gasteiger charge is -2.21. The van der Waals surface area contributed by atoms with E-state index in [1.165, 1.54) is 19.3 Å². The van der Waals surface area contributed by atoms with Crippen molar-refractivity contribution in [2.45, 2.75) is 25.7 Å². The summed E-state index contributed by atoms with van der Waals surface area (Å²) in [5, 5.41) is 3.46. The van der Waals surface area contributed by atoms with E-state index in [1.54, 1.807) is 18.2 Å². The third kappa shape index (κ3) is 2.54. The highest BCUT2D eigenvalue weighted by Gasteiger charge is 2.43. The Bertz CT molecular complexity index is 575. The van der Waals surface area contributed by atoms with Crippen LogP contribution in [0.3, 0.4) is 0 Å². The van der Waals surface area contributed by atoms with E-state index in [0.717, 1.165) is 12.3 Å². The average Bonchev–Trinajstić information content (AvgIpc) is 3.03. The van der Waals surface area contributed by atoms with Crippen molar-refractivity contribution in [3.8, 4) is 0 Å². The molecule has 0 radical (unpaired) electrons. The molecule has 2 saturated carbocycles. The fourth-order valence-corrected chi connectivity index (χ4v) is 3.86. The lowest BCUT2D eigenvalue weighted by Crippen LogP contribution is -2.27. The second-order valence-corrected chi connectivity index (χ2v) is 6.68. The van der Waals surface area contributed by atoms with Gasteiger partial charge in [-0.05, 0) is 43.2 Å². The van der Waals surface area contributed by atoms with Crippen molar-refractivity contribution in [3.05, 3.63) is 28.8 Å². The van der Waals surface area contributed by atoms with Gasteiger partial charge < -0.3 is 11.1 Å². The summed E-state index contributed by atoms with van der Waals surface area (Å²) in [4.78, 5) is 12.7. The molecule has 3 nitrogen and oxygen atoms in total. The van der Waals surface area contributed by atoms with Crippen molar-refractivity contribution in [1.82, 2.24) is 0 Å². The molecule has 2 aliphatic rings. The molecule has 2 bridgehead atoms. The Hall–Kier alpha value is -1.13. The van der Waals surface area contributed by atoms with Gasteiger partial charge in [0.25, 0.3) is 0 Å². The van der Waals surface area contributed by atoms with Crippen LogP contribution in [0, 0.1) is 17.8 Å². The molecule has 3 N–H and O–H groups in total. The summed E-state index contributed by atoms with van der Waals surface area (Å²) >= 11 is 11.1. The molecule has 0 saturated heterocycles. The quantitative estimate of drug-likeness (QED) is 0.842. The first kappa shape index (κ1) is 13.8. The van der Waals surface area contributed by atoms with E-state index in [1.807, 2.05) is 0 Å².